The number of carbonyl (C=O) groups is 2. The van der Waals surface area contributed by atoms with E-state index in [0.29, 0.717) is 48.9 Å². The van der Waals surface area contributed by atoms with Crippen molar-refractivity contribution in [3.63, 3.8) is 0 Å². The summed E-state index contributed by atoms with van der Waals surface area (Å²) in [5.74, 6) is -0.355. The Morgan fingerprint density at radius 3 is 2.26 bits per heavy atom. The van der Waals surface area contributed by atoms with E-state index >= 15 is 0 Å². The van der Waals surface area contributed by atoms with Gasteiger partial charge in [0.05, 0.1) is 24.8 Å². The number of carbonyl (C=O) groups excluding carboxylic acids is 2. The van der Waals surface area contributed by atoms with E-state index in [0.717, 1.165) is 17.0 Å². The first-order chi connectivity index (χ1) is 16.1. The minimum Gasteiger partial charge on any atom is -0.507 e. The van der Waals surface area contributed by atoms with Gasteiger partial charge in [-0.3, -0.25) is 9.59 Å². The van der Waals surface area contributed by atoms with Crippen LogP contribution in [0.25, 0.3) is 5.76 Å². The number of hydrogen-bond acceptors (Lipinski definition) is 6. The van der Waals surface area contributed by atoms with Crippen molar-refractivity contribution in [3.05, 3.63) is 51.9 Å². The number of amides is 1. The quantitative estimate of drug-likeness (QED) is 0.330. The molecule has 0 bridgehead atoms. The maximum Gasteiger partial charge on any atom is 0.295 e. The van der Waals surface area contributed by atoms with Crippen molar-refractivity contribution >= 4 is 17.4 Å². The van der Waals surface area contributed by atoms with Crippen LogP contribution in [0, 0.1) is 20.8 Å². The topological polar surface area (TPSA) is 95.1 Å². The highest BCUT2D eigenvalue weighted by Crippen LogP contribution is 2.43. The van der Waals surface area contributed by atoms with Gasteiger partial charge < -0.3 is 29.4 Å². The van der Waals surface area contributed by atoms with Gasteiger partial charge in [0, 0.05) is 30.0 Å². The Morgan fingerprint density at radius 1 is 1.06 bits per heavy atom. The van der Waals surface area contributed by atoms with Gasteiger partial charge in [0.25, 0.3) is 11.7 Å². The number of aliphatic hydroxyl groups is 1. The molecule has 184 valence electrons. The third kappa shape index (κ3) is 4.68. The van der Waals surface area contributed by atoms with Gasteiger partial charge in [-0.1, -0.05) is 6.07 Å². The summed E-state index contributed by atoms with van der Waals surface area (Å²) < 4.78 is 11.5. The van der Waals surface area contributed by atoms with Crippen molar-refractivity contribution in [2.45, 2.75) is 40.7 Å². The van der Waals surface area contributed by atoms with E-state index < -0.39 is 17.7 Å². The first-order valence-electron chi connectivity index (χ1n) is 11.6. The number of aryl methyl sites for hydroxylation is 2. The van der Waals surface area contributed by atoms with Crippen LogP contribution in [0.3, 0.4) is 0 Å². The number of aromatic amines is 1. The van der Waals surface area contributed by atoms with E-state index in [4.69, 9.17) is 9.47 Å². The zero-order valence-electron chi connectivity index (χ0n) is 21.1. The third-order valence-electron chi connectivity index (χ3n) is 6.14. The molecule has 1 amide bonds. The molecule has 3 rings (SSSR count). The van der Waals surface area contributed by atoms with Crippen LogP contribution in [-0.2, 0) is 9.59 Å². The number of likely N-dealkylation sites (N-methyl/N-ethyl adjacent to an activating group) is 1. The molecule has 0 aliphatic carbocycles. The summed E-state index contributed by atoms with van der Waals surface area (Å²) in [6.07, 6.45) is 0. The molecule has 1 atom stereocenters. The third-order valence-corrected chi connectivity index (χ3v) is 6.14. The predicted octanol–water partition coefficient (Wildman–Crippen LogP) is 3.72. The second kappa shape index (κ2) is 10.3. The van der Waals surface area contributed by atoms with Crippen LogP contribution in [0.5, 0.6) is 11.5 Å². The summed E-state index contributed by atoms with van der Waals surface area (Å²) in [5, 5.41) is 11.4. The summed E-state index contributed by atoms with van der Waals surface area (Å²) in [4.78, 5) is 33.1. The average Bonchev–Trinajstić information content (AvgIpc) is 3.19. The number of ketones is 1. The van der Waals surface area contributed by atoms with Crippen LogP contribution < -0.4 is 9.47 Å². The van der Waals surface area contributed by atoms with Crippen molar-refractivity contribution < 1.29 is 24.2 Å². The molecule has 2 aromatic rings. The molecule has 8 heteroatoms. The van der Waals surface area contributed by atoms with Crippen molar-refractivity contribution in [3.8, 4) is 11.5 Å². The van der Waals surface area contributed by atoms with Gasteiger partial charge in [-0.2, -0.15) is 0 Å². The largest absolute Gasteiger partial charge is 0.507 e. The van der Waals surface area contributed by atoms with Crippen LogP contribution in [0.2, 0.25) is 0 Å². The molecular weight excluding hydrogens is 434 g/mol. The van der Waals surface area contributed by atoms with Gasteiger partial charge in [0.15, 0.2) is 11.5 Å². The number of aromatic nitrogens is 1. The molecule has 0 radical (unpaired) electrons. The monoisotopic (exact) mass is 469 g/mol. The summed E-state index contributed by atoms with van der Waals surface area (Å²) in [6.45, 7) is 11.2. The summed E-state index contributed by atoms with van der Waals surface area (Å²) in [5.41, 5.74) is 3.80. The number of nitrogens with zero attached hydrogens (tertiary/aromatic N) is 2. The van der Waals surface area contributed by atoms with Crippen molar-refractivity contribution in [1.82, 2.24) is 14.8 Å². The second-order valence-electron chi connectivity index (χ2n) is 8.74. The van der Waals surface area contributed by atoms with Crippen molar-refractivity contribution in [2.24, 2.45) is 0 Å². The van der Waals surface area contributed by atoms with E-state index in [1.165, 1.54) is 4.90 Å². The molecule has 34 heavy (non-hydrogen) atoms. The standard InChI is InChI=1S/C26H35N3O5/c1-8-33-19-11-10-18(14-20(19)34-9-2)23-22(24(30)21-15(3)16(4)27-17(21)5)25(31)26(32)29(23)13-12-28(6)7/h10-11,14,23,27,30H,8-9,12-13H2,1-7H3/b24-22+. The van der Waals surface area contributed by atoms with E-state index in [1.54, 1.807) is 12.1 Å². The van der Waals surface area contributed by atoms with Crippen molar-refractivity contribution in [2.75, 3.05) is 40.4 Å². The normalized spacial score (nSPS) is 17.6. The van der Waals surface area contributed by atoms with Crippen LogP contribution in [0.4, 0.5) is 0 Å². The van der Waals surface area contributed by atoms with Crippen LogP contribution in [0.15, 0.2) is 23.8 Å². The summed E-state index contributed by atoms with van der Waals surface area (Å²) in [6, 6.07) is 4.65. The molecule has 1 aliphatic heterocycles. The molecule has 1 aliphatic rings. The Hall–Kier alpha value is -3.26. The molecule has 1 fully saturated rings. The smallest absolute Gasteiger partial charge is 0.295 e. The first-order valence-corrected chi connectivity index (χ1v) is 11.6. The molecule has 1 unspecified atom stereocenters. The van der Waals surface area contributed by atoms with Gasteiger partial charge >= 0.3 is 0 Å². The average molecular weight is 470 g/mol. The SMILES string of the molecule is CCOc1ccc(C2/C(=C(\O)c3c(C)[nH]c(C)c3C)C(=O)C(=O)N2CCN(C)C)cc1OCC. The molecular formula is C26H35N3O5. The number of Topliss-reactive ketones (excluding diaryl/α,β-unsaturated/α-hetero) is 1. The minimum atomic E-state index is -0.746. The predicted molar refractivity (Wildman–Crippen MR) is 131 cm³/mol. The molecule has 2 heterocycles. The fraction of sp³-hybridized carbons (Fsp3) is 0.462. The number of aliphatic hydroxyl groups excluding tert-OH is 1. The summed E-state index contributed by atoms with van der Waals surface area (Å²) >= 11 is 0. The molecule has 1 aromatic heterocycles. The maximum absolute atomic E-state index is 13.3. The molecule has 2 N–H and O–H groups in total. The zero-order valence-corrected chi connectivity index (χ0v) is 21.1. The number of ether oxygens (including phenoxy) is 2. The molecule has 1 saturated heterocycles. The van der Waals surface area contributed by atoms with Gasteiger partial charge in [0.2, 0.25) is 0 Å². The van der Waals surface area contributed by atoms with E-state index in [9.17, 15) is 14.7 Å². The molecule has 0 saturated carbocycles. The Balaban J connectivity index is 2.23. The first kappa shape index (κ1) is 25.4. The fourth-order valence-electron chi connectivity index (χ4n) is 4.40. The lowest BCUT2D eigenvalue weighted by atomic mass is 9.94. The number of benzene rings is 1. The Morgan fingerprint density at radius 2 is 1.71 bits per heavy atom. The molecule has 0 spiro atoms. The van der Waals surface area contributed by atoms with Crippen LogP contribution in [-0.4, -0.2) is 72.0 Å². The summed E-state index contributed by atoms with van der Waals surface area (Å²) in [7, 11) is 3.82. The van der Waals surface area contributed by atoms with E-state index in [2.05, 4.69) is 4.98 Å². The Kier molecular flexibility index (Phi) is 7.71. The highest BCUT2D eigenvalue weighted by molar-refractivity contribution is 6.46. The Bertz CT molecular complexity index is 1120. The van der Waals surface area contributed by atoms with Gasteiger partial charge in [0.1, 0.15) is 5.76 Å². The maximum atomic E-state index is 13.3. The van der Waals surface area contributed by atoms with Gasteiger partial charge in [-0.15, -0.1) is 0 Å². The van der Waals surface area contributed by atoms with Crippen LogP contribution >= 0.6 is 0 Å². The van der Waals surface area contributed by atoms with Gasteiger partial charge in [-0.25, -0.2) is 0 Å². The second-order valence-corrected chi connectivity index (χ2v) is 8.74. The van der Waals surface area contributed by atoms with E-state index in [1.807, 2.05) is 59.7 Å². The lowest BCUT2D eigenvalue weighted by molar-refractivity contribution is -0.140. The van der Waals surface area contributed by atoms with Crippen LogP contribution in [0.1, 0.15) is 48.0 Å². The van der Waals surface area contributed by atoms with Crippen molar-refractivity contribution in [1.29, 1.82) is 0 Å². The number of H-pyrrole nitrogens is 1. The fourth-order valence-corrected chi connectivity index (χ4v) is 4.40. The lowest BCUT2D eigenvalue weighted by Gasteiger charge is -2.27. The highest BCUT2D eigenvalue weighted by atomic mass is 16.5. The number of hydrogen-bond donors (Lipinski definition) is 2. The van der Waals surface area contributed by atoms with Gasteiger partial charge in [-0.05, 0) is 72.0 Å². The lowest BCUT2D eigenvalue weighted by Crippen LogP contribution is -2.35. The number of likely N-dealkylation sites (tertiary alicyclic amines) is 1. The van der Waals surface area contributed by atoms with E-state index in [-0.39, 0.29) is 11.3 Å². The minimum absolute atomic E-state index is 0.0839. The zero-order chi connectivity index (χ0) is 25.2. The number of nitrogens with one attached hydrogen (secondary N) is 1. The molecule has 1 aromatic carbocycles. The highest BCUT2D eigenvalue weighted by Gasteiger charge is 2.46. The molecule has 8 nitrogen and oxygen atoms in total. The number of rotatable bonds is 9. The Labute approximate surface area is 201 Å².